The van der Waals surface area contributed by atoms with Crippen molar-refractivity contribution < 1.29 is 19.1 Å². The summed E-state index contributed by atoms with van der Waals surface area (Å²) in [7, 11) is 0. The highest BCUT2D eigenvalue weighted by atomic mass is 16.7. The summed E-state index contributed by atoms with van der Waals surface area (Å²) in [5.41, 5.74) is 1.36. The quantitative estimate of drug-likeness (QED) is 0.822. The first kappa shape index (κ1) is 16.2. The van der Waals surface area contributed by atoms with Gasteiger partial charge in [-0.2, -0.15) is 0 Å². The highest BCUT2D eigenvalue weighted by molar-refractivity contribution is 5.98. The van der Waals surface area contributed by atoms with Crippen LogP contribution >= 0.6 is 0 Å². The van der Waals surface area contributed by atoms with Gasteiger partial charge >= 0.3 is 0 Å². The number of carbonyl (C=O) groups is 2. The Bertz CT molecular complexity index is 914. The fraction of sp³-hybridized carbons (Fsp3) is 0.333. The normalized spacial score (nSPS) is 23.5. The van der Waals surface area contributed by atoms with Crippen LogP contribution in [-0.2, 0) is 4.79 Å². The van der Waals surface area contributed by atoms with Gasteiger partial charge in [-0.25, -0.2) is 0 Å². The first-order chi connectivity index (χ1) is 13.1. The van der Waals surface area contributed by atoms with Crippen molar-refractivity contribution in [2.24, 2.45) is 5.41 Å². The molecule has 0 aliphatic carbocycles. The lowest BCUT2D eigenvalue weighted by molar-refractivity contribution is -0.117. The van der Waals surface area contributed by atoms with Gasteiger partial charge in [0, 0.05) is 48.8 Å². The third-order valence-electron chi connectivity index (χ3n) is 5.73. The maximum absolute atomic E-state index is 12.7. The molecule has 0 aromatic heterocycles. The molecule has 6 heteroatoms. The number of benzene rings is 2. The average Bonchev–Trinajstić information content (AvgIpc) is 3.40. The summed E-state index contributed by atoms with van der Waals surface area (Å²) in [6.45, 7) is 2.15. The van der Waals surface area contributed by atoms with Gasteiger partial charge in [0.1, 0.15) is 0 Å². The Kier molecular flexibility index (Phi) is 3.60. The number of anilines is 1. The predicted molar refractivity (Wildman–Crippen MR) is 98.9 cm³/mol. The molecular formula is C21H20N2O4. The second-order valence-electron chi connectivity index (χ2n) is 7.54. The molecule has 0 radical (unpaired) electrons. The number of hydrogen-bond donors (Lipinski definition) is 0. The molecule has 0 bridgehead atoms. The smallest absolute Gasteiger partial charge is 0.253 e. The van der Waals surface area contributed by atoms with Crippen LogP contribution in [0.1, 0.15) is 23.2 Å². The lowest BCUT2D eigenvalue weighted by atomic mass is 9.86. The number of fused-ring (bicyclic) bond motifs is 1. The number of rotatable bonds is 2. The van der Waals surface area contributed by atoms with E-state index in [2.05, 4.69) is 0 Å². The van der Waals surface area contributed by atoms with E-state index in [0.717, 1.165) is 12.1 Å². The lowest BCUT2D eigenvalue weighted by Gasteiger charge is -2.24. The minimum absolute atomic E-state index is 0.0430. The van der Waals surface area contributed by atoms with Crippen molar-refractivity contribution in [2.75, 3.05) is 31.3 Å². The molecule has 3 aliphatic rings. The van der Waals surface area contributed by atoms with Crippen molar-refractivity contribution in [3.05, 3.63) is 54.1 Å². The second kappa shape index (κ2) is 6.01. The minimum Gasteiger partial charge on any atom is -0.454 e. The van der Waals surface area contributed by atoms with Gasteiger partial charge in [-0.15, -0.1) is 0 Å². The number of carbonyl (C=O) groups excluding carboxylic acids is 2. The van der Waals surface area contributed by atoms with E-state index in [9.17, 15) is 9.59 Å². The van der Waals surface area contributed by atoms with Crippen LogP contribution in [0.15, 0.2) is 48.5 Å². The molecule has 5 rings (SSSR count). The Morgan fingerprint density at radius 2 is 1.81 bits per heavy atom. The van der Waals surface area contributed by atoms with Gasteiger partial charge in [0.25, 0.3) is 5.91 Å². The zero-order chi connectivity index (χ0) is 18.4. The topological polar surface area (TPSA) is 59.1 Å². The maximum atomic E-state index is 12.7. The van der Waals surface area contributed by atoms with E-state index in [0.29, 0.717) is 43.1 Å². The van der Waals surface area contributed by atoms with Crippen LogP contribution in [0, 0.1) is 5.41 Å². The molecule has 6 nitrogen and oxygen atoms in total. The standard InChI is InChI=1S/C21H20N2O4/c24-19-11-21(8-9-22(12-21)20(25)15-4-2-1-3-5-15)13-23(19)16-6-7-17-18(10-16)27-14-26-17/h1-7,10H,8-9,11-14H2/t21-/m0/s1. The number of nitrogens with zero attached hydrogens (tertiary/aromatic N) is 2. The Balaban J connectivity index is 1.34. The van der Waals surface area contributed by atoms with Crippen LogP contribution in [-0.4, -0.2) is 43.1 Å². The molecule has 2 saturated heterocycles. The van der Waals surface area contributed by atoms with Crippen molar-refractivity contribution in [1.82, 2.24) is 4.90 Å². The summed E-state index contributed by atoms with van der Waals surface area (Å²) >= 11 is 0. The molecule has 27 heavy (non-hydrogen) atoms. The highest BCUT2D eigenvalue weighted by Crippen LogP contribution is 2.44. The van der Waals surface area contributed by atoms with E-state index in [4.69, 9.17) is 9.47 Å². The fourth-order valence-electron chi connectivity index (χ4n) is 4.33. The van der Waals surface area contributed by atoms with Crippen LogP contribution in [0.5, 0.6) is 11.5 Å². The molecule has 2 aromatic rings. The third-order valence-corrected chi connectivity index (χ3v) is 5.73. The molecule has 2 fully saturated rings. The van der Waals surface area contributed by atoms with E-state index >= 15 is 0 Å². The zero-order valence-electron chi connectivity index (χ0n) is 14.9. The second-order valence-corrected chi connectivity index (χ2v) is 7.54. The summed E-state index contributed by atoms with van der Waals surface area (Å²) in [6.07, 6.45) is 1.32. The SMILES string of the molecule is O=C(c1ccccc1)N1CC[C@]2(CC(=O)N(c3ccc4c(c3)OCO4)C2)C1. The molecule has 138 valence electrons. The van der Waals surface area contributed by atoms with E-state index in [1.165, 1.54) is 0 Å². The predicted octanol–water partition coefficient (Wildman–Crippen LogP) is 2.68. The van der Waals surface area contributed by atoms with E-state index in [1.807, 2.05) is 58.3 Å². The summed E-state index contributed by atoms with van der Waals surface area (Å²) in [4.78, 5) is 29.2. The number of hydrogen-bond acceptors (Lipinski definition) is 4. The summed E-state index contributed by atoms with van der Waals surface area (Å²) in [5.74, 6) is 1.53. The van der Waals surface area contributed by atoms with Crippen LogP contribution in [0.4, 0.5) is 5.69 Å². The molecule has 2 aromatic carbocycles. The van der Waals surface area contributed by atoms with E-state index in [-0.39, 0.29) is 24.0 Å². The van der Waals surface area contributed by atoms with Gasteiger partial charge in [-0.1, -0.05) is 18.2 Å². The molecule has 0 N–H and O–H groups in total. The maximum Gasteiger partial charge on any atom is 0.253 e. The van der Waals surface area contributed by atoms with Crippen LogP contribution in [0.3, 0.4) is 0 Å². The fourth-order valence-corrected chi connectivity index (χ4v) is 4.33. The Hall–Kier alpha value is -3.02. The monoisotopic (exact) mass is 364 g/mol. The summed E-state index contributed by atoms with van der Waals surface area (Å²) in [5, 5.41) is 0. The molecule has 1 spiro atoms. The van der Waals surface area contributed by atoms with Crippen molar-refractivity contribution in [2.45, 2.75) is 12.8 Å². The highest BCUT2D eigenvalue weighted by Gasteiger charge is 2.49. The van der Waals surface area contributed by atoms with Crippen LogP contribution in [0.2, 0.25) is 0 Å². The van der Waals surface area contributed by atoms with E-state index < -0.39 is 0 Å². The molecule has 1 atom stereocenters. The Morgan fingerprint density at radius 3 is 2.67 bits per heavy atom. The van der Waals surface area contributed by atoms with E-state index in [1.54, 1.807) is 0 Å². The molecule has 0 unspecified atom stereocenters. The molecule has 0 saturated carbocycles. The largest absolute Gasteiger partial charge is 0.454 e. The number of ether oxygens (including phenoxy) is 2. The third kappa shape index (κ3) is 2.72. The van der Waals surface area contributed by atoms with Gasteiger partial charge in [0.05, 0.1) is 0 Å². The molecule has 3 aliphatic heterocycles. The van der Waals surface area contributed by atoms with Gasteiger partial charge in [0.2, 0.25) is 12.7 Å². The molecule has 3 heterocycles. The van der Waals surface area contributed by atoms with Crippen molar-refractivity contribution in [3.8, 4) is 11.5 Å². The van der Waals surface area contributed by atoms with Gasteiger partial charge < -0.3 is 19.3 Å². The van der Waals surface area contributed by atoms with Gasteiger partial charge in [-0.3, -0.25) is 9.59 Å². The average molecular weight is 364 g/mol. The van der Waals surface area contributed by atoms with Crippen molar-refractivity contribution in [3.63, 3.8) is 0 Å². The molecule has 2 amide bonds. The summed E-state index contributed by atoms with van der Waals surface area (Å²) in [6, 6.07) is 14.9. The first-order valence-corrected chi connectivity index (χ1v) is 9.18. The molecular weight excluding hydrogens is 344 g/mol. The van der Waals surface area contributed by atoms with Gasteiger partial charge in [-0.05, 0) is 30.7 Å². The van der Waals surface area contributed by atoms with Gasteiger partial charge in [0.15, 0.2) is 11.5 Å². The van der Waals surface area contributed by atoms with Crippen molar-refractivity contribution >= 4 is 17.5 Å². The van der Waals surface area contributed by atoms with Crippen LogP contribution < -0.4 is 14.4 Å². The Labute approximate surface area is 157 Å². The summed E-state index contributed by atoms with van der Waals surface area (Å²) < 4.78 is 10.8. The first-order valence-electron chi connectivity index (χ1n) is 9.18. The number of likely N-dealkylation sites (tertiary alicyclic amines) is 1. The number of amides is 2. The van der Waals surface area contributed by atoms with Crippen LogP contribution in [0.25, 0.3) is 0 Å². The van der Waals surface area contributed by atoms with Crippen molar-refractivity contribution in [1.29, 1.82) is 0 Å². The Morgan fingerprint density at radius 1 is 1.00 bits per heavy atom. The lowest BCUT2D eigenvalue weighted by Crippen LogP contribution is -2.34. The minimum atomic E-state index is -0.169. The zero-order valence-corrected chi connectivity index (χ0v) is 14.9.